The first-order valence-electron chi connectivity index (χ1n) is 35.8. The zero-order valence-electron chi connectivity index (χ0n) is 64.8. The molecule has 4 aromatic carbocycles. The molecule has 2 saturated heterocycles. The number of carbonyl (C=O) groups excluding carboxylic acids is 4. The molecule has 0 radical (unpaired) electrons. The second-order valence-corrected chi connectivity index (χ2v) is 42.7. The maximum atomic E-state index is 13.6. The summed E-state index contributed by atoms with van der Waals surface area (Å²) in [6.45, 7) is 31.3. The molecule has 3 unspecified atom stereocenters. The summed E-state index contributed by atoms with van der Waals surface area (Å²) in [5.74, 6) is -0.676. The Morgan fingerprint density at radius 1 is 0.676 bits per heavy atom. The Bertz CT molecular complexity index is 4550. The van der Waals surface area contributed by atoms with Crippen molar-refractivity contribution in [2.24, 2.45) is 0 Å². The lowest BCUT2D eigenvalue weighted by atomic mass is 10.1. The highest BCUT2D eigenvalue weighted by atomic mass is 35.5. The Hall–Kier alpha value is -7.78. The third-order valence-corrected chi connectivity index (χ3v) is 31.7. The highest BCUT2D eigenvalue weighted by Crippen LogP contribution is 2.54. The van der Waals surface area contributed by atoms with Crippen LogP contribution in [-0.2, 0) is 58.9 Å². The van der Waals surface area contributed by atoms with Crippen LogP contribution in [0.15, 0.2) is 122 Å². The molecule has 30 nitrogen and oxygen atoms in total. The Kier molecular flexibility index (Phi) is 32.0. The summed E-state index contributed by atoms with van der Waals surface area (Å²) in [6.07, 6.45) is 0.461. The smallest absolute Gasteiger partial charge is 0.506 e. The van der Waals surface area contributed by atoms with Gasteiger partial charge < -0.3 is 63.4 Å². The average molecular weight is 1650 g/mol. The quantitative estimate of drug-likeness (QED) is 0.0136. The summed E-state index contributed by atoms with van der Waals surface area (Å²) in [7, 11) is -8.47. The van der Waals surface area contributed by atoms with Gasteiger partial charge in [-0.2, -0.15) is 5.26 Å². The van der Waals surface area contributed by atoms with E-state index in [1.807, 2.05) is 56.6 Å². The van der Waals surface area contributed by atoms with E-state index in [-0.39, 0.29) is 118 Å². The molecular formula is C75H104Cl2N14O16P2Si2. The van der Waals surface area contributed by atoms with Gasteiger partial charge in [-0.25, -0.2) is 39.1 Å². The molecule has 602 valence electrons. The van der Waals surface area contributed by atoms with Gasteiger partial charge in [-0.3, -0.25) is 37.7 Å². The van der Waals surface area contributed by atoms with Crippen LogP contribution in [-0.4, -0.2) is 175 Å². The first-order chi connectivity index (χ1) is 51.9. The number of amides is 4. The highest BCUT2D eigenvalue weighted by Gasteiger charge is 2.56. The molecule has 4 amide bonds. The number of phenols is 1. The second kappa shape index (κ2) is 39.3. The molecule has 2 aliphatic heterocycles. The van der Waals surface area contributed by atoms with Gasteiger partial charge in [0.1, 0.15) is 54.7 Å². The summed E-state index contributed by atoms with van der Waals surface area (Å²) >= 11 is 12.0. The zero-order chi connectivity index (χ0) is 80.8. The van der Waals surface area contributed by atoms with E-state index >= 15 is 0 Å². The molecule has 2 fully saturated rings. The minimum atomic E-state index is -4.95. The van der Waals surface area contributed by atoms with Crippen LogP contribution in [0.3, 0.4) is 0 Å². The minimum absolute atomic E-state index is 0. The van der Waals surface area contributed by atoms with Gasteiger partial charge in [0.15, 0.2) is 63.1 Å². The lowest BCUT2D eigenvalue weighted by Gasteiger charge is -2.42. The predicted molar refractivity (Wildman–Crippen MR) is 431 cm³/mol. The van der Waals surface area contributed by atoms with Crippen molar-refractivity contribution in [1.29, 1.82) is 5.26 Å². The van der Waals surface area contributed by atoms with Crippen molar-refractivity contribution >= 4 is 114 Å². The number of ether oxygens (including phenoxy) is 2. The van der Waals surface area contributed by atoms with E-state index in [9.17, 15) is 39.0 Å². The maximum absolute atomic E-state index is 13.6. The first-order valence-corrected chi connectivity index (χ1v) is 45.0. The SMILES string of the molecule is C.CC[C@H]1OC(n2cnc3c(NC(=O)c4ccccc4)ncnc32)[C@H](O[Si](C)(C)C(C)(C)C)[C@@H]1OP(OCCC#N)N(C(C)C)C(C)C.CNC(=O)Cc1ccc(O)c(Cl)c1.CNC(=O)Cc1ccc(OP(=O)(O)O[C@H]2[C@@H](O[Si](C)(C)C(C)(C)C)[C@H](n3cnc4c(NC(=O)c5ccccc5)ncnc43)O[C@@H]2CO)c(Cl)c1. The number of phosphoric ester groups is 1. The maximum Gasteiger partial charge on any atom is 0.527 e. The van der Waals surface area contributed by atoms with Crippen LogP contribution in [0.1, 0.15) is 141 Å². The number of phosphoric acid groups is 1. The number of nitrogens with zero attached hydrogens (tertiary/aromatic N) is 10. The van der Waals surface area contributed by atoms with Gasteiger partial charge in [-0.15, -0.1) is 0 Å². The third-order valence-electron chi connectivity index (χ3n) is 19.1. The van der Waals surface area contributed by atoms with Crippen molar-refractivity contribution in [2.75, 3.05) is 37.9 Å². The Labute approximate surface area is 661 Å². The summed E-state index contributed by atoms with van der Waals surface area (Å²) < 4.78 is 70.7. The predicted octanol–water partition coefficient (Wildman–Crippen LogP) is 14.3. The first kappa shape index (κ1) is 90.4. The molecule has 10 atom stereocenters. The summed E-state index contributed by atoms with van der Waals surface area (Å²) in [5.41, 5.74) is 3.73. The number of imidazole rings is 2. The fourth-order valence-electron chi connectivity index (χ4n) is 11.3. The number of hydrogen-bond acceptors (Lipinski definition) is 23. The molecule has 10 rings (SSSR count). The number of rotatable bonds is 28. The number of nitriles is 1. The van der Waals surface area contributed by atoms with Crippen molar-refractivity contribution in [2.45, 2.75) is 207 Å². The topological polar surface area (TPSA) is 382 Å². The van der Waals surface area contributed by atoms with Gasteiger partial charge in [0.25, 0.3) is 20.3 Å². The van der Waals surface area contributed by atoms with E-state index in [0.29, 0.717) is 40.1 Å². The minimum Gasteiger partial charge on any atom is -0.506 e. The highest BCUT2D eigenvalue weighted by molar-refractivity contribution is 7.47. The number of anilines is 2. The van der Waals surface area contributed by atoms with Crippen LogP contribution in [0.25, 0.3) is 22.3 Å². The summed E-state index contributed by atoms with van der Waals surface area (Å²) in [6, 6.07) is 29.1. The Morgan fingerprint density at radius 3 is 1.54 bits per heavy atom. The number of aliphatic hydroxyl groups is 1. The van der Waals surface area contributed by atoms with E-state index in [2.05, 4.69) is 130 Å². The fourth-order valence-corrected chi connectivity index (χ4v) is 17.2. The second-order valence-electron chi connectivity index (χ2n) is 29.6. The van der Waals surface area contributed by atoms with E-state index in [4.69, 9.17) is 64.7 Å². The fraction of sp³-hybridized carbons (Fsp3) is 0.480. The molecule has 7 N–H and O–H groups in total. The number of aliphatic hydroxyl groups excluding tert-OH is 1. The molecule has 6 heterocycles. The monoisotopic (exact) mass is 1640 g/mol. The van der Waals surface area contributed by atoms with Gasteiger partial charge in [-0.05, 0) is 130 Å². The normalized spacial score (nSPS) is 19.4. The van der Waals surface area contributed by atoms with Crippen molar-refractivity contribution in [3.8, 4) is 17.6 Å². The molecule has 0 spiro atoms. The molecule has 4 aromatic heterocycles. The summed E-state index contributed by atoms with van der Waals surface area (Å²) in [5, 5.41) is 39.3. The molecule has 36 heteroatoms. The average Bonchev–Trinajstić information content (AvgIpc) is 1.61. The largest absolute Gasteiger partial charge is 0.527 e. The van der Waals surface area contributed by atoms with Gasteiger partial charge in [-0.1, -0.05) is 128 Å². The van der Waals surface area contributed by atoms with Gasteiger partial charge in [0.2, 0.25) is 11.8 Å². The van der Waals surface area contributed by atoms with Crippen molar-refractivity contribution in [1.82, 2.24) is 54.3 Å². The van der Waals surface area contributed by atoms with E-state index in [1.54, 1.807) is 72.5 Å². The molecule has 0 bridgehead atoms. The van der Waals surface area contributed by atoms with Gasteiger partial charge in [0, 0.05) is 37.3 Å². The number of carbonyl (C=O) groups is 4. The van der Waals surface area contributed by atoms with E-state index in [1.165, 1.54) is 50.3 Å². The van der Waals surface area contributed by atoms with Crippen molar-refractivity contribution in [3.63, 3.8) is 0 Å². The number of nitrogens with one attached hydrogen (secondary N) is 4. The number of halogens is 2. The van der Waals surface area contributed by atoms with E-state index < -0.39 is 88.5 Å². The number of aromatic hydroxyl groups is 1. The van der Waals surface area contributed by atoms with Crippen LogP contribution in [0, 0.1) is 11.3 Å². The molecular weight excluding hydrogens is 1540 g/mol. The van der Waals surface area contributed by atoms with Crippen LogP contribution in [0.4, 0.5) is 11.6 Å². The third kappa shape index (κ3) is 23.0. The number of hydrogen-bond donors (Lipinski definition) is 7. The lowest BCUT2D eigenvalue weighted by Crippen LogP contribution is -2.49. The number of aromatic nitrogens is 8. The van der Waals surface area contributed by atoms with Crippen LogP contribution >= 0.6 is 39.6 Å². The Balaban J connectivity index is 0.000000263. The number of benzene rings is 4. The lowest BCUT2D eigenvalue weighted by molar-refractivity contribution is -0.120. The van der Waals surface area contributed by atoms with Crippen LogP contribution in [0.5, 0.6) is 11.5 Å². The van der Waals surface area contributed by atoms with Crippen LogP contribution in [0.2, 0.25) is 46.3 Å². The molecule has 0 saturated carbocycles. The number of likely N-dealkylation sites (N-methyl/N-ethyl adjacent to an activating group) is 2. The molecule has 111 heavy (non-hydrogen) atoms. The zero-order valence-corrected chi connectivity index (χ0v) is 70.1. The Morgan fingerprint density at radius 2 is 1.13 bits per heavy atom. The van der Waals surface area contributed by atoms with Gasteiger partial charge >= 0.3 is 7.82 Å². The van der Waals surface area contributed by atoms with Crippen molar-refractivity contribution < 1.29 is 75.3 Å². The molecule has 0 aliphatic carbocycles. The van der Waals surface area contributed by atoms with Crippen LogP contribution < -0.4 is 25.8 Å². The van der Waals surface area contributed by atoms with Gasteiger partial charge in [0.05, 0.1) is 67.3 Å². The number of fused-ring (bicyclic) bond motifs is 2. The summed E-state index contributed by atoms with van der Waals surface area (Å²) in [4.78, 5) is 86.4. The molecule has 8 aromatic rings. The molecule has 2 aliphatic rings. The van der Waals surface area contributed by atoms with E-state index in [0.717, 1.165) is 5.56 Å². The van der Waals surface area contributed by atoms with Crippen molar-refractivity contribution in [3.05, 3.63) is 155 Å². The standard InChI is InChI=1S/C33H50N7O5PSi.C32H40ClN6O9PSi.C9H10ClNO2.CH4/c1-11-25-27(44-46(42-19-15-18-34)40(22(2)3)23(4)5)28(45-47(9,10)33(6,7)8)32(43-25)39-21-37-26-29(35-20-36-30(26)39)38-31(41)24-16-13-12-14-17-24;1-32(2,3)50(5,6)48-27-26(47-49(43,44)46-22-13-12-19(14-21(22)33)15-24(41)34-4)23(16-40)45-31(27)39-18-37-25-28(35-17-36-29(25)39)38-30(42)20-10-8-7-9-11-20;1-11-9(13)5-6-2-3-8(12)7(10)4-6;/h12-14,16-17,20-23,25,27-28,32H,11,15,19H2,1-10H3,(H,35,36,38,41);7-14,17-18,23,26-27,31,40H,15-16H2,1-6H3,(H,34,41)(H,43,44)(H,35,36,38,42);2-4,12H,5H2,1H3,(H,11,13);1H4/t25-,27-,28-,32?,46?;23-,26-,27-,31-;;/m11../s1. The number of phenolic OH excluding ortho intramolecular Hbond substituents is 1.